The van der Waals surface area contributed by atoms with E-state index in [0.29, 0.717) is 25.5 Å². The monoisotopic (exact) mass is 227 g/mol. The molecule has 3 heteroatoms. The van der Waals surface area contributed by atoms with Gasteiger partial charge in [-0.05, 0) is 5.92 Å². The summed E-state index contributed by atoms with van der Waals surface area (Å²) >= 11 is 0. The van der Waals surface area contributed by atoms with E-state index in [-0.39, 0.29) is 11.9 Å². The maximum Gasteiger partial charge on any atom is 0.163 e. The lowest BCUT2D eigenvalue weighted by molar-refractivity contribution is -0.133. The van der Waals surface area contributed by atoms with Crippen LogP contribution in [0.1, 0.15) is 46.0 Å². The van der Waals surface area contributed by atoms with Crippen LogP contribution in [0.4, 0.5) is 0 Å². The molecule has 2 atom stereocenters. The first-order valence-corrected chi connectivity index (χ1v) is 6.63. The van der Waals surface area contributed by atoms with Crippen LogP contribution in [0.5, 0.6) is 0 Å². The molecule has 0 bridgehead atoms. The summed E-state index contributed by atoms with van der Waals surface area (Å²) in [5.41, 5.74) is 0. The third-order valence-electron chi connectivity index (χ3n) is 3.32. The van der Waals surface area contributed by atoms with Gasteiger partial charge in [0.05, 0.1) is 6.61 Å². The van der Waals surface area contributed by atoms with Gasteiger partial charge in [0, 0.05) is 19.5 Å². The van der Waals surface area contributed by atoms with E-state index in [1.54, 1.807) is 0 Å². The topological polar surface area (TPSA) is 38.3 Å². The Morgan fingerprint density at radius 3 is 2.88 bits per heavy atom. The standard InChI is InChI=1S/C13H25NO2/c1-3-5-6-11(4-2)9-12(15)13-10-14-7-8-16-13/h11,13-14H,3-10H2,1-2H3. The number of unbranched alkanes of at least 4 members (excludes halogenated alkanes) is 1. The van der Waals surface area contributed by atoms with Gasteiger partial charge in [0.25, 0.3) is 0 Å². The highest BCUT2D eigenvalue weighted by Gasteiger charge is 2.23. The number of carbonyl (C=O) groups excluding carboxylic acids is 1. The molecule has 0 amide bonds. The number of ketones is 1. The molecule has 2 unspecified atom stereocenters. The number of carbonyl (C=O) groups is 1. The van der Waals surface area contributed by atoms with Gasteiger partial charge in [0.1, 0.15) is 6.10 Å². The number of hydrogen-bond donors (Lipinski definition) is 1. The minimum Gasteiger partial charge on any atom is -0.368 e. The van der Waals surface area contributed by atoms with Crippen LogP contribution in [0, 0.1) is 5.92 Å². The van der Waals surface area contributed by atoms with Gasteiger partial charge < -0.3 is 10.1 Å². The summed E-state index contributed by atoms with van der Waals surface area (Å²) in [5.74, 6) is 0.841. The van der Waals surface area contributed by atoms with E-state index < -0.39 is 0 Å². The largest absolute Gasteiger partial charge is 0.368 e. The summed E-state index contributed by atoms with van der Waals surface area (Å²) in [6.07, 6.45) is 5.24. The summed E-state index contributed by atoms with van der Waals surface area (Å²) in [6.45, 7) is 6.61. The molecule has 0 aromatic heterocycles. The Hall–Kier alpha value is -0.410. The van der Waals surface area contributed by atoms with Gasteiger partial charge in [0.2, 0.25) is 0 Å². The Morgan fingerprint density at radius 2 is 2.31 bits per heavy atom. The fourth-order valence-corrected chi connectivity index (χ4v) is 2.13. The van der Waals surface area contributed by atoms with Crippen molar-refractivity contribution >= 4 is 5.78 Å². The second-order valence-electron chi connectivity index (χ2n) is 4.65. The Labute approximate surface area is 98.9 Å². The maximum atomic E-state index is 12.0. The van der Waals surface area contributed by atoms with Crippen LogP contribution < -0.4 is 5.32 Å². The second kappa shape index (κ2) is 7.80. The Bertz CT molecular complexity index is 200. The first-order chi connectivity index (χ1) is 7.77. The summed E-state index contributed by atoms with van der Waals surface area (Å²) in [7, 11) is 0. The molecule has 1 rings (SSSR count). The highest BCUT2D eigenvalue weighted by atomic mass is 16.5. The average molecular weight is 227 g/mol. The van der Waals surface area contributed by atoms with Crippen molar-refractivity contribution in [2.24, 2.45) is 5.92 Å². The molecule has 0 aromatic rings. The lowest BCUT2D eigenvalue weighted by Crippen LogP contribution is -2.43. The molecule has 1 N–H and O–H groups in total. The number of hydrogen-bond acceptors (Lipinski definition) is 3. The third-order valence-corrected chi connectivity index (χ3v) is 3.32. The van der Waals surface area contributed by atoms with Gasteiger partial charge >= 0.3 is 0 Å². The number of ether oxygens (including phenoxy) is 1. The molecule has 1 fully saturated rings. The lowest BCUT2D eigenvalue weighted by atomic mass is 9.92. The van der Waals surface area contributed by atoms with Crippen molar-refractivity contribution in [1.29, 1.82) is 0 Å². The zero-order chi connectivity index (χ0) is 11.8. The predicted octanol–water partition coefficient (Wildman–Crippen LogP) is 2.15. The van der Waals surface area contributed by atoms with E-state index in [1.807, 2.05) is 0 Å². The molecule has 0 saturated carbocycles. The summed E-state index contributed by atoms with van der Waals surface area (Å²) in [4.78, 5) is 12.0. The minimum absolute atomic E-state index is 0.190. The van der Waals surface area contributed by atoms with Gasteiger partial charge in [-0.3, -0.25) is 4.79 Å². The van der Waals surface area contributed by atoms with Crippen molar-refractivity contribution in [3.05, 3.63) is 0 Å². The molecular weight excluding hydrogens is 202 g/mol. The summed E-state index contributed by atoms with van der Waals surface area (Å²) < 4.78 is 5.48. The lowest BCUT2D eigenvalue weighted by Gasteiger charge is -2.24. The van der Waals surface area contributed by atoms with Gasteiger partial charge in [-0.25, -0.2) is 0 Å². The fraction of sp³-hybridized carbons (Fsp3) is 0.923. The Balaban J connectivity index is 2.29. The Morgan fingerprint density at radius 1 is 1.50 bits per heavy atom. The summed E-state index contributed by atoms with van der Waals surface area (Å²) in [6, 6.07) is 0. The third kappa shape index (κ3) is 4.62. The van der Waals surface area contributed by atoms with E-state index in [4.69, 9.17) is 4.74 Å². The molecule has 0 aromatic carbocycles. The van der Waals surface area contributed by atoms with Crippen LogP contribution in [-0.2, 0) is 9.53 Å². The fourth-order valence-electron chi connectivity index (χ4n) is 2.13. The number of Topliss-reactive ketones (excluding diaryl/α,β-unsaturated/α-hetero) is 1. The molecule has 16 heavy (non-hydrogen) atoms. The summed E-state index contributed by atoms with van der Waals surface area (Å²) in [5, 5.41) is 3.20. The first kappa shape index (κ1) is 13.7. The van der Waals surface area contributed by atoms with Crippen molar-refractivity contribution in [3.8, 4) is 0 Å². The molecule has 1 heterocycles. The zero-order valence-electron chi connectivity index (χ0n) is 10.6. The van der Waals surface area contributed by atoms with Crippen molar-refractivity contribution < 1.29 is 9.53 Å². The van der Waals surface area contributed by atoms with Crippen LogP contribution in [0.3, 0.4) is 0 Å². The van der Waals surface area contributed by atoms with Crippen LogP contribution >= 0.6 is 0 Å². The number of rotatable bonds is 7. The molecular formula is C13H25NO2. The molecule has 3 nitrogen and oxygen atoms in total. The van der Waals surface area contributed by atoms with E-state index in [0.717, 1.165) is 13.0 Å². The average Bonchev–Trinajstić information content (AvgIpc) is 2.35. The second-order valence-corrected chi connectivity index (χ2v) is 4.65. The molecule has 0 radical (unpaired) electrons. The molecule has 0 aliphatic carbocycles. The van der Waals surface area contributed by atoms with E-state index in [9.17, 15) is 4.79 Å². The van der Waals surface area contributed by atoms with Crippen molar-refractivity contribution in [2.45, 2.75) is 52.1 Å². The Kier molecular flexibility index (Phi) is 6.65. The van der Waals surface area contributed by atoms with Gasteiger partial charge in [0.15, 0.2) is 5.78 Å². The predicted molar refractivity (Wildman–Crippen MR) is 65.5 cm³/mol. The first-order valence-electron chi connectivity index (χ1n) is 6.63. The van der Waals surface area contributed by atoms with Gasteiger partial charge in [-0.15, -0.1) is 0 Å². The van der Waals surface area contributed by atoms with Crippen LogP contribution in [0.25, 0.3) is 0 Å². The zero-order valence-corrected chi connectivity index (χ0v) is 10.6. The van der Waals surface area contributed by atoms with Crippen LogP contribution in [-0.4, -0.2) is 31.6 Å². The molecule has 1 aliphatic rings. The van der Waals surface area contributed by atoms with Gasteiger partial charge in [-0.2, -0.15) is 0 Å². The molecule has 94 valence electrons. The molecule has 1 aliphatic heterocycles. The van der Waals surface area contributed by atoms with E-state index in [2.05, 4.69) is 19.2 Å². The smallest absolute Gasteiger partial charge is 0.163 e. The molecule has 1 saturated heterocycles. The van der Waals surface area contributed by atoms with Crippen molar-refractivity contribution in [3.63, 3.8) is 0 Å². The van der Waals surface area contributed by atoms with Gasteiger partial charge in [-0.1, -0.05) is 39.5 Å². The number of nitrogens with one attached hydrogen (secondary N) is 1. The number of morpholine rings is 1. The van der Waals surface area contributed by atoms with E-state index >= 15 is 0 Å². The SMILES string of the molecule is CCCCC(CC)CC(=O)C1CNCCO1. The van der Waals surface area contributed by atoms with Crippen molar-refractivity contribution in [2.75, 3.05) is 19.7 Å². The normalized spacial score (nSPS) is 23.0. The van der Waals surface area contributed by atoms with Crippen LogP contribution in [0.2, 0.25) is 0 Å². The molecule has 0 spiro atoms. The van der Waals surface area contributed by atoms with Crippen molar-refractivity contribution in [1.82, 2.24) is 5.32 Å². The van der Waals surface area contributed by atoms with Crippen LogP contribution in [0.15, 0.2) is 0 Å². The quantitative estimate of drug-likeness (QED) is 0.724. The maximum absolute atomic E-state index is 12.0. The highest BCUT2D eigenvalue weighted by molar-refractivity contribution is 5.83. The highest BCUT2D eigenvalue weighted by Crippen LogP contribution is 2.18. The minimum atomic E-state index is -0.190. The van der Waals surface area contributed by atoms with E-state index in [1.165, 1.54) is 19.3 Å².